The second-order valence-electron chi connectivity index (χ2n) is 5.16. The Morgan fingerprint density at radius 3 is 2.76 bits per heavy atom. The number of hydrogen-bond donors (Lipinski definition) is 2. The van der Waals surface area contributed by atoms with Crippen molar-refractivity contribution in [1.82, 2.24) is 9.71 Å². The third-order valence-electron chi connectivity index (χ3n) is 3.58. The van der Waals surface area contributed by atoms with Gasteiger partial charge >= 0.3 is 0 Å². The van der Waals surface area contributed by atoms with Crippen LogP contribution >= 0.6 is 12.2 Å². The summed E-state index contributed by atoms with van der Waals surface area (Å²) in [6.45, 7) is 0. The molecule has 0 saturated heterocycles. The van der Waals surface area contributed by atoms with Gasteiger partial charge in [-0.15, -0.1) is 0 Å². The van der Waals surface area contributed by atoms with Crippen LogP contribution in [0.4, 0.5) is 0 Å². The molecule has 0 bridgehead atoms. The number of thiocarbonyl (C=S) groups is 1. The maximum atomic E-state index is 12.6. The van der Waals surface area contributed by atoms with Gasteiger partial charge in [0, 0.05) is 11.6 Å². The standard InChI is InChI=1S/C14H15N3O2S2/c15-14(20)13(9-6-7-9)17-21(18,19)12-5-1-4-11-10(12)3-2-8-16-11/h1-5,8-9,13,17H,6-7H2,(H2,15,20). The first-order valence-corrected chi connectivity index (χ1v) is 8.53. The number of nitrogens with two attached hydrogens (primary N) is 1. The minimum atomic E-state index is -3.69. The van der Waals surface area contributed by atoms with E-state index in [1.54, 1.807) is 36.5 Å². The van der Waals surface area contributed by atoms with E-state index in [0.717, 1.165) is 12.8 Å². The molecular formula is C14H15N3O2S2. The maximum Gasteiger partial charge on any atom is 0.241 e. The SMILES string of the molecule is NC(=S)C(NS(=O)(=O)c1cccc2ncccc12)C1CC1. The number of sulfonamides is 1. The van der Waals surface area contributed by atoms with Crippen LogP contribution in [0.2, 0.25) is 0 Å². The summed E-state index contributed by atoms with van der Waals surface area (Å²) >= 11 is 4.99. The van der Waals surface area contributed by atoms with E-state index in [1.165, 1.54) is 0 Å². The van der Waals surface area contributed by atoms with E-state index < -0.39 is 16.1 Å². The highest BCUT2D eigenvalue weighted by Crippen LogP contribution is 2.34. The molecule has 0 aliphatic heterocycles. The summed E-state index contributed by atoms with van der Waals surface area (Å²) in [5.41, 5.74) is 6.31. The van der Waals surface area contributed by atoms with Gasteiger partial charge in [-0.25, -0.2) is 13.1 Å². The van der Waals surface area contributed by atoms with Crippen molar-refractivity contribution in [2.45, 2.75) is 23.8 Å². The second-order valence-corrected chi connectivity index (χ2v) is 7.32. The van der Waals surface area contributed by atoms with Gasteiger partial charge in [0.05, 0.1) is 21.4 Å². The molecule has 110 valence electrons. The number of rotatable bonds is 5. The molecule has 7 heteroatoms. The van der Waals surface area contributed by atoms with Crippen molar-refractivity contribution in [3.05, 3.63) is 36.5 Å². The summed E-state index contributed by atoms with van der Waals surface area (Å²) in [4.78, 5) is 4.57. The number of fused-ring (bicyclic) bond motifs is 1. The van der Waals surface area contributed by atoms with Crippen molar-refractivity contribution in [2.75, 3.05) is 0 Å². The average molecular weight is 321 g/mol. The topological polar surface area (TPSA) is 85.1 Å². The highest BCUT2D eigenvalue weighted by Gasteiger charge is 2.36. The van der Waals surface area contributed by atoms with Crippen LogP contribution in [0, 0.1) is 5.92 Å². The Balaban J connectivity index is 2.02. The van der Waals surface area contributed by atoms with Crippen LogP contribution in [0.1, 0.15) is 12.8 Å². The largest absolute Gasteiger partial charge is 0.392 e. The Morgan fingerprint density at radius 1 is 1.33 bits per heavy atom. The fourth-order valence-electron chi connectivity index (χ4n) is 2.36. The van der Waals surface area contributed by atoms with Crippen LogP contribution in [0.15, 0.2) is 41.4 Å². The number of nitrogens with zero attached hydrogens (tertiary/aromatic N) is 1. The molecule has 1 aliphatic carbocycles. The fourth-order valence-corrected chi connectivity index (χ4v) is 4.18. The van der Waals surface area contributed by atoms with Gasteiger partial charge in [0.2, 0.25) is 10.0 Å². The molecule has 0 radical (unpaired) electrons. The van der Waals surface area contributed by atoms with E-state index in [9.17, 15) is 8.42 Å². The maximum absolute atomic E-state index is 12.6. The van der Waals surface area contributed by atoms with Crippen molar-refractivity contribution >= 4 is 38.1 Å². The summed E-state index contributed by atoms with van der Waals surface area (Å²) in [7, 11) is -3.69. The Bertz CT molecular complexity index is 795. The molecular weight excluding hydrogens is 306 g/mol. The van der Waals surface area contributed by atoms with Gasteiger partial charge < -0.3 is 5.73 Å². The van der Waals surface area contributed by atoms with Crippen LogP contribution in [0.3, 0.4) is 0 Å². The molecule has 1 fully saturated rings. The van der Waals surface area contributed by atoms with E-state index in [1.807, 2.05) is 0 Å². The lowest BCUT2D eigenvalue weighted by molar-refractivity contribution is 0.566. The minimum absolute atomic E-state index is 0.194. The average Bonchev–Trinajstić information content (AvgIpc) is 3.28. The van der Waals surface area contributed by atoms with Gasteiger partial charge in [0.15, 0.2) is 0 Å². The van der Waals surface area contributed by atoms with Gasteiger partial charge in [-0.3, -0.25) is 4.98 Å². The zero-order valence-corrected chi connectivity index (χ0v) is 12.8. The van der Waals surface area contributed by atoms with Crippen molar-refractivity contribution < 1.29 is 8.42 Å². The quantitative estimate of drug-likeness (QED) is 0.817. The van der Waals surface area contributed by atoms with Crippen molar-refractivity contribution in [3.63, 3.8) is 0 Å². The predicted molar refractivity (Wildman–Crippen MR) is 85.4 cm³/mol. The normalized spacial score (nSPS) is 16.8. The number of hydrogen-bond acceptors (Lipinski definition) is 4. The first kappa shape index (κ1) is 14.4. The molecule has 0 spiro atoms. The van der Waals surface area contributed by atoms with Crippen LogP contribution in [-0.4, -0.2) is 24.4 Å². The van der Waals surface area contributed by atoms with Gasteiger partial charge in [-0.2, -0.15) is 0 Å². The van der Waals surface area contributed by atoms with Crippen molar-refractivity contribution in [1.29, 1.82) is 0 Å². The highest BCUT2D eigenvalue weighted by molar-refractivity contribution is 7.90. The number of benzene rings is 1. The molecule has 1 aromatic carbocycles. The summed E-state index contributed by atoms with van der Waals surface area (Å²) < 4.78 is 27.9. The molecule has 3 N–H and O–H groups in total. The fraction of sp³-hybridized carbons (Fsp3) is 0.286. The highest BCUT2D eigenvalue weighted by atomic mass is 32.2. The van der Waals surface area contributed by atoms with E-state index in [-0.39, 0.29) is 15.8 Å². The Morgan fingerprint density at radius 2 is 2.10 bits per heavy atom. The van der Waals surface area contributed by atoms with E-state index in [4.69, 9.17) is 18.0 Å². The molecule has 1 saturated carbocycles. The van der Waals surface area contributed by atoms with E-state index in [2.05, 4.69) is 9.71 Å². The third-order valence-corrected chi connectivity index (χ3v) is 5.33. The zero-order chi connectivity index (χ0) is 15.0. The number of aromatic nitrogens is 1. The number of nitrogens with one attached hydrogen (secondary N) is 1. The zero-order valence-electron chi connectivity index (χ0n) is 11.2. The molecule has 1 aromatic heterocycles. The third kappa shape index (κ3) is 2.90. The Labute approximate surface area is 128 Å². The molecule has 1 aliphatic rings. The lowest BCUT2D eigenvalue weighted by Gasteiger charge is -2.17. The molecule has 2 aromatic rings. The Hall–Kier alpha value is -1.57. The first-order chi connectivity index (χ1) is 9.99. The van der Waals surface area contributed by atoms with Gasteiger partial charge in [0.1, 0.15) is 0 Å². The van der Waals surface area contributed by atoms with E-state index >= 15 is 0 Å². The lowest BCUT2D eigenvalue weighted by Crippen LogP contribution is -2.44. The van der Waals surface area contributed by atoms with Crippen LogP contribution in [0.25, 0.3) is 10.9 Å². The molecule has 1 atom stereocenters. The summed E-state index contributed by atoms with van der Waals surface area (Å²) in [6.07, 6.45) is 3.53. The minimum Gasteiger partial charge on any atom is -0.392 e. The smallest absolute Gasteiger partial charge is 0.241 e. The molecule has 0 amide bonds. The van der Waals surface area contributed by atoms with Gasteiger partial charge in [-0.05, 0) is 43.0 Å². The molecule has 1 unspecified atom stereocenters. The molecule has 3 rings (SSSR count). The summed E-state index contributed by atoms with van der Waals surface area (Å²) in [5, 5.41) is 0.588. The monoisotopic (exact) mass is 321 g/mol. The van der Waals surface area contributed by atoms with Gasteiger partial charge in [0.25, 0.3) is 0 Å². The van der Waals surface area contributed by atoms with Crippen LogP contribution in [-0.2, 0) is 10.0 Å². The lowest BCUT2D eigenvalue weighted by atomic mass is 10.2. The molecule has 5 nitrogen and oxygen atoms in total. The summed E-state index contributed by atoms with van der Waals surface area (Å²) in [6, 6.07) is 8.00. The second kappa shape index (κ2) is 5.32. The van der Waals surface area contributed by atoms with Crippen LogP contribution in [0.5, 0.6) is 0 Å². The summed E-state index contributed by atoms with van der Waals surface area (Å²) in [5.74, 6) is 0.213. The van der Waals surface area contributed by atoms with Gasteiger partial charge in [-0.1, -0.05) is 18.3 Å². The van der Waals surface area contributed by atoms with Crippen LogP contribution < -0.4 is 10.5 Å². The first-order valence-electron chi connectivity index (χ1n) is 6.64. The number of pyridine rings is 1. The van der Waals surface area contributed by atoms with E-state index in [0.29, 0.717) is 10.9 Å². The molecule has 1 heterocycles. The predicted octanol–water partition coefficient (Wildman–Crippen LogP) is 1.58. The Kier molecular flexibility index (Phi) is 3.64. The van der Waals surface area contributed by atoms with Crippen molar-refractivity contribution in [2.24, 2.45) is 11.7 Å². The van der Waals surface area contributed by atoms with Crippen molar-refractivity contribution in [3.8, 4) is 0 Å². The molecule has 21 heavy (non-hydrogen) atoms.